The molecule has 0 bridgehead atoms. The van der Waals surface area contributed by atoms with Crippen molar-refractivity contribution < 1.29 is 29.1 Å². The lowest BCUT2D eigenvalue weighted by atomic mass is 9.95. The van der Waals surface area contributed by atoms with Crippen molar-refractivity contribution in [1.82, 2.24) is 16.0 Å². The van der Waals surface area contributed by atoms with Crippen LogP contribution in [0.2, 0.25) is 0 Å². The Hall–Kier alpha value is -2.69. The number of carboxylic acids is 1. The lowest BCUT2D eigenvalue weighted by molar-refractivity contribution is -0.143. The van der Waals surface area contributed by atoms with Crippen LogP contribution in [0.1, 0.15) is 67.2 Å². The normalized spacial score (nSPS) is 15.8. The van der Waals surface area contributed by atoms with E-state index in [4.69, 9.17) is 11.5 Å². The molecule has 0 aromatic rings. The number of aliphatic carboxylic acids is 1. The van der Waals surface area contributed by atoms with Crippen molar-refractivity contribution in [1.29, 1.82) is 0 Å². The molecule has 0 spiro atoms. The fourth-order valence-electron chi connectivity index (χ4n) is 3.16. The molecular formula is C22H41N5O6. The third kappa shape index (κ3) is 11.1. The Morgan fingerprint density at radius 2 is 1.36 bits per heavy atom. The first-order chi connectivity index (χ1) is 15.2. The van der Waals surface area contributed by atoms with E-state index in [9.17, 15) is 29.1 Å². The van der Waals surface area contributed by atoms with Gasteiger partial charge in [-0.15, -0.1) is 0 Å². The fourth-order valence-corrected chi connectivity index (χ4v) is 3.16. The molecule has 0 aromatic heterocycles. The van der Waals surface area contributed by atoms with E-state index >= 15 is 0 Å². The highest BCUT2D eigenvalue weighted by Gasteiger charge is 2.33. The largest absolute Gasteiger partial charge is 0.480 e. The maximum Gasteiger partial charge on any atom is 0.326 e. The van der Waals surface area contributed by atoms with Gasteiger partial charge in [0, 0.05) is 6.42 Å². The lowest BCUT2D eigenvalue weighted by Crippen LogP contribution is -2.59. The van der Waals surface area contributed by atoms with Crippen LogP contribution in [-0.2, 0) is 24.0 Å². The first kappa shape index (κ1) is 30.3. The van der Waals surface area contributed by atoms with Gasteiger partial charge in [0.15, 0.2) is 0 Å². The van der Waals surface area contributed by atoms with Crippen LogP contribution in [0.5, 0.6) is 0 Å². The molecule has 11 nitrogen and oxygen atoms in total. The highest BCUT2D eigenvalue weighted by molar-refractivity contribution is 5.94. The molecule has 0 fully saturated rings. The van der Waals surface area contributed by atoms with Gasteiger partial charge in [-0.1, -0.05) is 48.0 Å². The van der Waals surface area contributed by atoms with E-state index in [-0.39, 0.29) is 30.6 Å². The Bertz CT molecular complexity index is 697. The number of carbonyl (C=O) groups excluding carboxylic acids is 4. The number of nitrogens with two attached hydrogens (primary N) is 2. The number of carbonyl (C=O) groups is 5. The predicted molar refractivity (Wildman–Crippen MR) is 124 cm³/mol. The number of hydrogen-bond acceptors (Lipinski definition) is 6. The molecule has 4 amide bonds. The Kier molecular flexibility index (Phi) is 13.3. The third-order valence-electron chi connectivity index (χ3n) is 5.40. The quantitative estimate of drug-likeness (QED) is 0.191. The van der Waals surface area contributed by atoms with E-state index < -0.39 is 53.8 Å². The number of primary amides is 1. The van der Waals surface area contributed by atoms with Crippen molar-refractivity contribution in [3.8, 4) is 0 Å². The Labute approximate surface area is 195 Å². The molecule has 5 unspecified atom stereocenters. The van der Waals surface area contributed by atoms with Crippen LogP contribution in [0.4, 0.5) is 0 Å². The van der Waals surface area contributed by atoms with Crippen LogP contribution in [-0.4, -0.2) is 58.9 Å². The van der Waals surface area contributed by atoms with Crippen LogP contribution < -0.4 is 27.4 Å². The second kappa shape index (κ2) is 14.5. The highest BCUT2D eigenvalue weighted by atomic mass is 16.4. The fraction of sp³-hybridized carbons (Fsp3) is 0.773. The van der Waals surface area contributed by atoms with Crippen molar-refractivity contribution >= 4 is 29.6 Å². The van der Waals surface area contributed by atoms with Crippen LogP contribution in [0.3, 0.4) is 0 Å². The average Bonchev–Trinajstić information content (AvgIpc) is 2.70. The van der Waals surface area contributed by atoms with Crippen LogP contribution in [0.25, 0.3) is 0 Å². The predicted octanol–water partition coefficient (Wildman–Crippen LogP) is -0.134. The maximum atomic E-state index is 13.1. The van der Waals surface area contributed by atoms with Gasteiger partial charge in [0.05, 0.1) is 6.04 Å². The molecule has 11 heteroatoms. The SMILES string of the molecule is CCC(C)C(NC(=O)C(N)CC(C)C)C(=O)NC(C(=O)NC(CCC(N)=O)C(=O)O)C(C)C. The molecule has 0 aliphatic rings. The summed E-state index contributed by atoms with van der Waals surface area (Å²) in [6, 6.07) is -4.07. The number of nitrogens with one attached hydrogen (secondary N) is 3. The molecule has 0 aromatic carbocycles. The Morgan fingerprint density at radius 3 is 1.79 bits per heavy atom. The average molecular weight is 472 g/mol. The number of carboxylic acid groups (broad SMARTS) is 1. The van der Waals surface area contributed by atoms with Gasteiger partial charge in [-0.05, 0) is 30.6 Å². The van der Waals surface area contributed by atoms with E-state index in [0.717, 1.165) is 0 Å². The van der Waals surface area contributed by atoms with Gasteiger partial charge >= 0.3 is 5.97 Å². The molecule has 0 saturated carbocycles. The van der Waals surface area contributed by atoms with Gasteiger partial charge in [-0.3, -0.25) is 19.2 Å². The number of hydrogen-bond donors (Lipinski definition) is 6. The summed E-state index contributed by atoms with van der Waals surface area (Å²) in [6.45, 7) is 10.9. The van der Waals surface area contributed by atoms with Gasteiger partial charge < -0.3 is 32.5 Å². The van der Waals surface area contributed by atoms with Gasteiger partial charge in [-0.25, -0.2) is 4.79 Å². The minimum atomic E-state index is -1.33. The third-order valence-corrected chi connectivity index (χ3v) is 5.40. The zero-order valence-corrected chi connectivity index (χ0v) is 20.5. The molecule has 33 heavy (non-hydrogen) atoms. The van der Waals surface area contributed by atoms with Gasteiger partial charge in [-0.2, -0.15) is 0 Å². The van der Waals surface area contributed by atoms with Crippen molar-refractivity contribution in [3.05, 3.63) is 0 Å². The minimum Gasteiger partial charge on any atom is -0.480 e. The van der Waals surface area contributed by atoms with Gasteiger partial charge in [0.2, 0.25) is 23.6 Å². The molecule has 0 radical (unpaired) electrons. The zero-order valence-electron chi connectivity index (χ0n) is 20.5. The molecule has 0 aliphatic carbocycles. The van der Waals surface area contributed by atoms with Crippen molar-refractivity contribution in [2.45, 2.75) is 91.4 Å². The molecule has 8 N–H and O–H groups in total. The number of rotatable bonds is 15. The molecule has 0 heterocycles. The maximum absolute atomic E-state index is 13.1. The first-order valence-electron chi connectivity index (χ1n) is 11.4. The summed E-state index contributed by atoms with van der Waals surface area (Å²) in [7, 11) is 0. The summed E-state index contributed by atoms with van der Waals surface area (Å²) in [5.41, 5.74) is 11.0. The summed E-state index contributed by atoms with van der Waals surface area (Å²) in [6.07, 6.45) is 0.660. The van der Waals surface area contributed by atoms with Crippen LogP contribution in [0.15, 0.2) is 0 Å². The zero-order chi connectivity index (χ0) is 25.9. The Morgan fingerprint density at radius 1 is 0.848 bits per heavy atom. The molecule has 190 valence electrons. The minimum absolute atomic E-state index is 0.172. The van der Waals surface area contributed by atoms with Crippen molar-refractivity contribution in [3.63, 3.8) is 0 Å². The molecule has 0 saturated heterocycles. The second-order valence-corrected chi connectivity index (χ2v) is 9.24. The Balaban J connectivity index is 5.46. The van der Waals surface area contributed by atoms with Crippen molar-refractivity contribution in [2.24, 2.45) is 29.2 Å². The first-order valence-corrected chi connectivity index (χ1v) is 11.4. The smallest absolute Gasteiger partial charge is 0.326 e. The lowest BCUT2D eigenvalue weighted by Gasteiger charge is -2.29. The van der Waals surface area contributed by atoms with E-state index in [2.05, 4.69) is 16.0 Å². The molecule has 5 atom stereocenters. The van der Waals surface area contributed by atoms with Gasteiger partial charge in [0.25, 0.3) is 0 Å². The van der Waals surface area contributed by atoms with Crippen LogP contribution >= 0.6 is 0 Å². The molecular weight excluding hydrogens is 430 g/mol. The van der Waals surface area contributed by atoms with E-state index in [1.54, 1.807) is 20.8 Å². The summed E-state index contributed by atoms with van der Waals surface area (Å²) >= 11 is 0. The molecule has 0 rings (SSSR count). The summed E-state index contributed by atoms with van der Waals surface area (Å²) < 4.78 is 0. The van der Waals surface area contributed by atoms with E-state index in [1.165, 1.54) is 0 Å². The van der Waals surface area contributed by atoms with Crippen molar-refractivity contribution in [2.75, 3.05) is 0 Å². The standard InChI is InChI=1S/C22H41N5O6/c1-7-13(6)18(27-19(29)14(23)10-11(2)3)21(31)26-17(12(4)5)20(30)25-15(22(32)33)8-9-16(24)28/h11-15,17-18H,7-10,23H2,1-6H3,(H2,24,28)(H,25,30)(H,26,31)(H,27,29)(H,32,33). The number of amides is 4. The monoisotopic (exact) mass is 471 g/mol. The second-order valence-electron chi connectivity index (χ2n) is 9.24. The van der Waals surface area contributed by atoms with Gasteiger partial charge in [0.1, 0.15) is 18.1 Å². The highest BCUT2D eigenvalue weighted by Crippen LogP contribution is 2.12. The topological polar surface area (TPSA) is 194 Å². The summed E-state index contributed by atoms with van der Waals surface area (Å²) in [5, 5.41) is 17.0. The summed E-state index contributed by atoms with van der Waals surface area (Å²) in [5.74, 6) is -4.14. The molecule has 0 aliphatic heterocycles. The van der Waals surface area contributed by atoms with E-state index in [0.29, 0.717) is 12.8 Å². The summed E-state index contributed by atoms with van der Waals surface area (Å²) in [4.78, 5) is 60.8. The van der Waals surface area contributed by atoms with Crippen LogP contribution in [0, 0.1) is 17.8 Å². The van der Waals surface area contributed by atoms with E-state index in [1.807, 2.05) is 20.8 Å².